The van der Waals surface area contributed by atoms with Crippen molar-refractivity contribution in [3.05, 3.63) is 70.1 Å². The van der Waals surface area contributed by atoms with Gasteiger partial charge in [-0.15, -0.1) is 0 Å². The molecule has 1 amide bonds. The highest BCUT2D eigenvalue weighted by molar-refractivity contribution is 5.90. The lowest BCUT2D eigenvalue weighted by atomic mass is 10.2. The van der Waals surface area contributed by atoms with Crippen LogP contribution in [0.4, 0.5) is 0 Å². The number of benzene rings is 2. The lowest BCUT2D eigenvalue weighted by molar-refractivity contribution is -0.135. The van der Waals surface area contributed by atoms with Gasteiger partial charge in [0.05, 0.1) is 5.39 Å². The van der Waals surface area contributed by atoms with Gasteiger partial charge in [-0.2, -0.15) is 0 Å². The number of carbonyl (C=O) groups excluding carboxylic acids is 2. The van der Waals surface area contributed by atoms with Gasteiger partial charge in [-0.3, -0.25) is 9.59 Å². The number of para-hydroxylation sites is 1. The Morgan fingerprint density at radius 1 is 1.07 bits per heavy atom. The molecule has 0 N–H and O–H groups in total. The summed E-state index contributed by atoms with van der Waals surface area (Å²) in [6.45, 7) is 2.30. The largest absolute Gasteiger partial charge is 0.454 e. The molecule has 0 radical (unpaired) electrons. The van der Waals surface area contributed by atoms with Crippen molar-refractivity contribution in [3.8, 4) is 11.5 Å². The lowest BCUT2D eigenvalue weighted by Crippen LogP contribution is -2.34. The molecule has 8 nitrogen and oxygen atoms in total. The quantitative estimate of drug-likeness (QED) is 0.578. The molecule has 30 heavy (non-hydrogen) atoms. The van der Waals surface area contributed by atoms with Crippen LogP contribution in [0.3, 0.4) is 0 Å². The molecule has 3 aromatic rings. The summed E-state index contributed by atoms with van der Waals surface area (Å²) in [5.41, 5.74) is 0.788. The Labute approximate surface area is 171 Å². The summed E-state index contributed by atoms with van der Waals surface area (Å²) in [5.74, 6) is -0.185. The van der Waals surface area contributed by atoms with Gasteiger partial charge in [0.2, 0.25) is 12.6 Å². The molecular weight excluding hydrogens is 390 g/mol. The van der Waals surface area contributed by atoms with Crippen molar-refractivity contribution in [3.63, 3.8) is 0 Å². The van der Waals surface area contributed by atoms with Gasteiger partial charge in [-0.25, -0.2) is 4.79 Å². The molecule has 0 atom stereocenters. The molecule has 0 bridgehead atoms. The second-order valence-electron chi connectivity index (χ2n) is 6.64. The average Bonchev–Trinajstić information content (AvgIpc) is 3.23. The van der Waals surface area contributed by atoms with E-state index in [1.807, 2.05) is 19.1 Å². The molecule has 2 aromatic carbocycles. The minimum atomic E-state index is -0.870. The van der Waals surface area contributed by atoms with Crippen LogP contribution in [0.25, 0.3) is 11.0 Å². The molecule has 2 heterocycles. The third kappa shape index (κ3) is 3.98. The van der Waals surface area contributed by atoms with E-state index in [1.165, 1.54) is 0 Å². The number of esters is 1. The topological polar surface area (TPSA) is 95.3 Å². The number of fused-ring (bicyclic) bond motifs is 2. The molecule has 0 saturated carbocycles. The van der Waals surface area contributed by atoms with E-state index < -0.39 is 12.6 Å². The second-order valence-corrected chi connectivity index (χ2v) is 6.64. The summed E-state index contributed by atoms with van der Waals surface area (Å²) >= 11 is 0. The van der Waals surface area contributed by atoms with Gasteiger partial charge < -0.3 is 23.5 Å². The zero-order chi connectivity index (χ0) is 21.1. The number of carbonyl (C=O) groups is 2. The van der Waals surface area contributed by atoms with Crippen molar-refractivity contribution < 1.29 is 28.2 Å². The molecule has 1 aromatic heterocycles. The third-order valence-electron chi connectivity index (χ3n) is 4.71. The highest BCUT2D eigenvalue weighted by atomic mass is 16.7. The third-order valence-corrected chi connectivity index (χ3v) is 4.71. The number of likely N-dealkylation sites (N-methyl/N-ethyl adjacent to an activating group) is 1. The Hall–Kier alpha value is -3.81. The Balaban J connectivity index is 1.40. The zero-order valence-electron chi connectivity index (χ0n) is 16.3. The number of ether oxygens (including phenoxy) is 3. The molecule has 0 aliphatic carbocycles. The fourth-order valence-electron chi connectivity index (χ4n) is 3.13. The van der Waals surface area contributed by atoms with Crippen molar-refractivity contribution >= 4 is 22.8 Å². The fourth-order valence-corrected chi connectivity index (χ4v) is 3.13. The van der Waals surface area contributed by atoms with Crippen LogP contribution >= 0.6 is 0 Å². The van der Waals surface area contributed by atoms with Gasteiger partial charge in [-0.05, 0) is 36.8 Å². The molecule has 0 fully saturated rings. The standard InChI is InChI=1S/C22H19NO7/c1-2-23(11-14-7-8-18-19(9-14)29-13-28-18)21(25)12-27-22(26)20-10-16(24)15-5-3-4-6-17(15)30-20/h3-10H,2,11-13H2,1H3. The van der Waals surface area contributed by atoms with Gasteiger partial charge >= 0.3 is 5.97 Å². The maximum absolute atomic E-state index is 12.5. The monoisotopic (exact) mass is 409 g/mol. The van der Waals surface area contributed by atoms with E-state index in [2.05, 4.69) is 0 Å². The number of nitrogens with zero attached hydrogens (tertiary/aromatic N) is 1. The minimum Gasteiger partial charge on any atom is -0.454 e. The lowest BCUT2D eigenvalue weighted by Gasteiger charge is -2.21. The van der Waals surface area contributed by atoms with Gasteiger partial charge in [0, 0.05) is 19.2 Å². The highest BCUT2D eigenvalue weighted by Crippen LogP contribution is 2.32. The second kappa shape index (κ2) is 8.28. The first kappa shape index (κ1) is 19.5. The van der Waals surface area contributed by atoms with E-state index in [-0.39, 0.29) is 29.5 Å². The van der Waals surface area contributed by atoms with Crippen LogP contribution in [0.15, 0.2) is 57.7 Å². The highest BCUT2D eigenvalue weighted by Gasteiger charge is 2.20. The van der Waals surface area contributed by atoms with Crippen LogP contribution in [0.2, 0.25) is 0 Å². The fraction of sp³-hybridized carbons (Fsp3) is 0.227. The number of rotatable bonds is 6. The zero-order valence-corrected chi connectivity index (χ0v) is 16.3. The smallest absolute Gasteiger partial charge is 0.374 e. The molecule has 8 heteroatoms. The van der Waals surface area contributed by atoms with Gasteiger partial charge in [0.15, 0.2) is 23.5 Å². The number of hydrogen-bond acceptors (Lipinski definition) is 7. The van der Waals surface area contributed by atoms with Crippen LogP contribution < -0.4 is 14.9 Å². The summed E-state index contributed by atoms with van der Waals surface area (Å²) in [6.07, 6.45) is 0. The maximum atomic E-state index is 12.5. The van der Waals surface area contributed by atoms with E-state index in [1.54, 1.807) is 35.2 Å². The molecule has 4 rings (SSSR count). The van der Waals surface area contributed by atoms with Crippen molar-refractivity contribution in [1.29, 1.82) is 0 Å². The molecule has 1 aliphatic rings. The van der Waals surface area contributed by atoms with Crippen molar-refractivity contribution in [2.24, 2.45) is 0 Å². The normalized spacial score (nSPS) is 12.0. The SMILES string of the molecule is CCN(Cc1ccc2c(c1)OCO2)C(=O)COC(=O)c1cc(=O)c2ccccc2o1. The van der Waals surface area contributed by atoms with Crippen LogP contribution in [0, 0.1) is 0 Å². The minimum absolute atomic E-state index is 0.177. The molecule has 154 valence electrons. The predicted molar refractivity (Wildman–Crippen MR) is 106 cm³/mol. The first-order chi connectivity index (χ1) is 14.5. The van der Waals surface area contributed by atoms with Crippen LogP contribution in [-0.4, -0.2) is 36.7 Å². The number of hydrogen-bond donors (Lipinski definition) is 0. The van der Waals surface area contributed by atoms with Crippen molar-refractivity contribution in [2.45, 2.75) is 13.5 Å². The van der Waals surface area contributed by atoms with Crippen LogP contribution in [0.1, 0.15) is 23.0 Å². The summed E-state index contributed by atoms with van der Waals surface area (Å²) < 4.78 is 21.2. The number of amides is 1. The molecule has 0 unspecified atom stereocenters. The Morgan fingerprint density at radius 2 is 1.87 bits per heavy atom. The summed E-state index contributed by atoms with van der Waals surface area (Å²) in [4.78, 5) is 38.5. The Kier molecular flexibility index (Phi) is 5.38. The van der Waals surface area contributed by atoms with Crippen molar-refractivity contribution in [1.82, 2.24) is 4.90 Å². The van der Waals surface area contributed by atoms with Crippen LogP contribution in [0.5, 0.6) is 11.5 Å². The van der Waals surface area contributed by atoms with Gasteiger partial charge in [0.25, 0.3) is 5.91 Å². The Bertz CT molecular complexity index is 1170. The van der Waals surface area contributed by atoms with E-state index >= 15 is 0 Å². The summed E-state index contributed by atoms with van der Waals surface area (Å²) in [6, 6.07) is 13.1. The van der Waals surface area contributed by atoms with E-state index in [4.69, 9.17) is 18.6 Å². The molecular formula is C22H19NO7. The van der Waals surface area contributed by atoms with E-state index in [0.717, 1.165) is 11.6 Å². The summed E-state index contributed by atoms with van der Waals surface area (Å²) in [7, 11) is 0. The molecule has 1 aliphatic heterocycles. The maximum Gasteiger partial charge on any atom is 0.374 e. The predicted octanol–water partition coefficient (Wildman–Crippen LogP) is 2.73. The van der Waals surface area contributed by atoms with E-state index in [9.17, 15) is 14.4 Å². The molecule has 0 saturated heterocycles. The van der Waals surface area contributed by atoms with E-state index in [0.29, 0.717) is 30.0 Å². The summed E-state index contributed by atoms with van der Waals surface area (Å²) in [5, 5.41) is 0.367. The Morgan fingerprint density at radius 3 is 2.70 bits per heavy atom. The van der Waals surface area contributed by atoms with Crippen molar-refractivity contribution in [2.75, 3.05) is 19.9 Å². The first-order valence-corrected chi connectivity index (χ1v) is 9.41. The first-order valence-electron chi connectivity index (χ1n) is 9.41. The molecule has 0 spiro atoms. The van der Waals surface area contributed by atoms with Crippen LogP contribution in [-0.2, 0) is 16.1 Å². The van der Waals surface area contributed by atoms with Gasteiger partial charge in [-0.1, -0.05) is 18.2 Å². The van der Waals surface area contributed by atoms with Gasteiger partial charge in [0.1, 0.15) is 5.58 Å². The average molecular weight is 409 g/mol.